The maximum Gasteiger partial charge on any atom is 0.343 e. The lowest BCUT2D eigenvalue weighted by atomic mass is 10.0. The minimum atomic E-state index is -0.708. The third-order valence-corrected chi connectivity index (χ3v) is 5.66. The van der Waals surface area contributed by atoms with Crippen LogP contribution in [-0.4, -0.2) is 53.8 Å². The monoisotopic (exact) mass is 438 g/mol. The van der Waals surface area contributed by atoms with Crippen molar-refractivity contribution < 1.29 is 24.0 Å². The van der Waals surface area contributed by atoms with Gasteiger partial charge in [-0.2, -0.15) is 0 Å². The van der Waals surface area contributed by atoms with Crippen LogP contribution in [0, 0.1) is 10.1 Å². The Hall–Kier alpha value is -3.95. The number of hydrogen-bond donors (Lipinski definition) is 1. The van der Waals surface area contributed by atoms with Crippen LogP contribution in [0.3, 0.4) is 0 Å². The van der Waals surface area contributed by atoms with E-state index in [1.54, 1.807) is 29.2 Å². The van der Waals surface area contributed by atoms with Crippen LogP contribution in [0.4, 0.5) is 17.1 Å². The maximum atomic E-state index is 12.6. The van der Waals surface area contributed by atoms with Crippen molar-refractivity contribution in [2.24, 2.45) is 0 Å². The maximum absolute atomic E-state index is 12.6. The number of rotatable bonds is 4. The molecule has 1 saturated heterocycles. The SMILES string of the molecule is CC(=O)N1CCN(c2ccc(C(=O)Oc3ccc4c(c3)CCC(=O)N4)cc2[N+](=O)[O-])CC1. The van der Waals surface area contributed by atoms with E-state index in [0.29, 0.717) is 56.1 Å². The quantitative estimate of drug-likeness (QED) is 0.336. The summed E-state index contributed by atoms with van der Waals surface area (Å²) in [5.41, 5.74) is 1.82. The number of amides is 2. The van der Waals surface area contributed by atoms with Crippen molar-refractivity contribution in [3.05, 3.63) is 57.6 Å². The number of piperazine rings is 1. The van der Waals surface area contributed by atoms with E-state index in [1.807, 2.05) is 4.90 Å². The van der Waals surface area contributed by atoms with Gasteiger partial charge in [-0.1, -0.05) is 0 Å². The summed E-state index contributed by atoms with van der Waals surface area (Å²) < 4.78 is 5.42. The number of nitrogens with zero attached hydrogens (tertiary/aromatic N) is 3. The van der Waals surface area contributed by atoms with Crippen molar-refractivity contribution >= 4 is 34.8 Å². The molecular formula is C22H22N4O6. The Labute approximate surface area is 183 Å². The van der Waals surface area contributed by atoms with Crippen LogP contribution < -0.4 is 15.0 Å². The van der Waals surface area contributed by atoms with E-state index in [1.165, 1.54) is 19.1 Å². The fourth-order valence-electron chi connectivity index (χ4n) is 3.92. The van der Waals surface area contributed by atoms with Crippen LogP contribution in [0.2, 0.25) is 0 Å². The van der Waals surface area contributed by atoms with Gasteiger partial charge in [0.15, 0.2) is 0 Å². The van der Waals surface area contributed by atoms with Crippen LogP contribution in [0.15, 0.2) is 36.4 Å². The molecule has 0 spiro atoms. The van der Waals surface area contributed by atoms with Gasteiger partial charge < -0.3 is 19.9 Å². The topological polar surface area (TPSA) is 122 Å². The highest BCUT2D eigenvalue weighted by Gasteiger charge is 2.26. The van der Waals surface area contributed by atoms with Gasteiger partial charge in [0.2, 0.25) is 11.8 Å². The Kier molecular flexibility index (Phi) is 5.76. The first kappa shape index (κ1) is 21.3. The van der Waals surface area contributed by atoms with E-state index < -0.39 is 10.9 Å². The third kappa shape index (κ3) is 4.39. The average Bonchev–Trinajstić information content (AvgIpc) is 2.78. The lowest BCUT2D eigenvalue weighted by Crippen LogP contribution is -2.48. The lowest BCUT2D eigenvalue weighted by Gasteiger charge is -2.35. The molecule has 0 unspecified atom stereocenters. The summed E-state index contributed by atoms with van der Waals surface area (Å²) in [5, 5.41) is 14.4. The molecule has 0 aliphatic carbocycles. The second-order valence-electron chi connectivity index (χ2n) is 7.71. The second kappa shape index (κ2) is 8.66. The van der Waals surface area contributed by atoms with Crippen LogP contribution in [-0.2, 0) is 16.0 Å². The molecule has 2 aromatic carbocycles. The Morgan fingerprint density at radius 3 is 2.50 bits per heavy atom. The summed E-state index contributed by atoms with van der Waals surface area (Å²) in [6.07, 6.45) is 0.905. The predicted octanol–water partition coefficient (Wildman–Crippen LogP) is 2.37. The number of fused-ring (bicyclic) bond motifs is 1. The fraction of sp³-hybridized carbons (Fsp3) is 0.318. The highest BCUT2D eigenvalue weighted by molar-refractivity contribution is 5.95. The molecule has 2 amide bonds. The van der Waals surface area contributed by atoms with Crippen molar-refractivity contribution in [3.8, 4) is 5.75 Å². The first-order chi connectivity index (χ1) is 15.3. The Balaban J connectivity index is 1.51. The Morgan fingerprint density at radius 2 is 1.81 bits per heavy atom. The zero-order valence-corrected chi connectivity index (χ0v) is 17.5. The molecule has 10 nitrogen and oxygen atoms in total. The molecule has 0 aromatic heterocycles. The number of carbonyl (C=O) groups excluding carboxylic acids is 3. The van der Waals surface area contributed by atoms with E-state index in [-0.39, 0.29) is 23.1 Å². The molecule has 2 aliphatic rings. The third-order valence-electron chi connectivity index (χ3n) is 5.66. The number of aryl methyl sites for hydroxylation is 1. The number of carbonyl (C=O) groups is 3. The van der Waals surface area contributed by atoms with Crippen LogP contribution in [0.1, 0.15) is 29.3 Å². The largest absolute Gasteiger partial charge is 0.423 e. The minimum Gasteiger partial charge on any atom is -0.423 e. The lowest BCUT2D eigenvalue weighted by molar-refractivity contribution is -0.384. The second-order valence-corrected chi connectivity index (χ2v) is 7.71. The van der Waals surface area contributed by atoms with Crippen LogP contribution >= 0.6 is 0 Å². The molecule has 0 saturated carbocycles. The van der Waals surface area contributed by atoms with Gasteiger partial charge >= 0.3 is 5.97 Å². The van der Waals surface area contributed by atoms with Gasteiger partial charge in [-0.15, -0.1) is 0 Å². The zero-order chi connectivity index (χ0) is 22.8. The molecule has 1 N–H and O–H groups in total. The van der Waals surface area contributed by atoms with E-state index in [4.69, 9.17) is 4.74 Å². The highest BCUT2D eigenvalue weighted by atomic mass is 16.6. The molecule has 32 heavy (non-hydrogen) atoms. The smallest absolute Gasteiger partial charge is 0.343 e. The van der Waals surface area contributed by atoms with E-state index in [2.05, 4.69) is 5.32 Å². The molecule has 1 fully saturated rings. The molecule has 2 aromatic rings. The van der Waals surface area contributed by atoms with Gasteiger partial charge in [0.25, 0.3) is 5.69 Å². The minimum absolute atomic E-state index is 0.0261. The summed E-state index contributed by atoms with van der Waals surface area (Å²) in [7, 11) is 0. The van der Waals surface area contributed by atoms with Crippen molar-refractivity contribution in [2.45, 2.75) is 19.8 Å². The first-order valence-electron chi connectivity index (χ1n) is 10.3. The summed E-state index contributed by atoms with van der Waals surface area (Å²) in [5.74, 6) is -0.489. The van der Waals surface area contributed by atoms with Crippen LogP contribution in [0.5, 0.6) is 5.75 Å². The number of benzene rings is 2. The molecule has 4 rings (SSSR count). The van der Waals surface area contributed by atoms with Gasteiger partial charge in [-0.3, -0.25) is 19.7 Å². The van der Waals surface area contributed by atoms with Gasteiger partial charge in [0.05, 0.1) is 10.5 Å². The molecule has 0 radical (unpaired) electrons. The molecule has 0 atom stereocenters. The summed E-state index contributed by atoms with van der Waals surface area (Å²) >= 11 is 0. The van der Waals surface area contributed by atoms with E-state index >= 15 is 0 Å². The molecular weight excluding hydrogens is 416 g/mol. The standard InChI is InChI=1S/C22H22N4O6/c1-14(27)24-8-10-25(11-9-24)19-6-2-16(13-20(19)26(30)31)22(29)32-17-4-5-18-15(12-17)3-7-21(28)23-18/h2,4-6,12-13H,3,7-11H2,1H3,(H,23,28). The summed E-state index contributed by atoms with van der Waals surface area (Å²) in [6.45, 7) is 3.40. The fourth-order valence-corrected chi connectivity index (χ4v) is 3.92. The summed E-state index contributed by atoms with van der Waals surface area (Å²) in [6, 6.07) is 9.18. The van der Waals surface area contributed by atoms with Crippen LogP contribution in [0.25, 0.3) is 0 Å². The number of nitro benzene ring substituents is 1. The van der Waals surface area contributed by atoms with E-state index in [9.17, 15) is 24.5 Å². The number of esters is 1. The Morgan fingerprint density at radius 1 is 1.06 bits per heavy atom. The van der Waals surface area contributed by atoms with Crippen molar-refractivity contribution in [1.29, 1.82) is 0 Å². The molecule has 10 heteroatoms. The zero-order valence-electron chi connectivity index (χ0n) is 17.5. The molecule has 2 aliphatic heterocycles. The average molecular weight is 438 g/mol. The van der Waals surface area contributed by atoms with Gasteiger partial charge in [0, 0.05) is 51.3 Å². The van der Waals surface area contributed by atoms with Crippen molar-refractivity contribution in [3.63, 3.8) is 0 Å². The van der Waals surface area contributed by atoms with Crippen molar-refractivity contribution in [2.75, 3.05) is 36.4 Å². The summed E-state index contributed by atoms with van der Waals surface area (Å²) in [4.78, 5) is 50.3. The van der Waals surface area contributed by atoms with E-state index in [0.717, 1.165) is 5.56 Å². The normalized spacial score (nSPS) is 15.6. The predicted molar refractivity (Wildman–Crippen MR) is 116 cm³/mol. The van der Waals surface area contributed by atoms with Gasteiger partial charge in [0.1, 0.15) is 11.4 Å². The Bertz CT molecular complexity index is 1110. The van der Waals surface area contributed by atoms with Gasteiger partial charge in [-0.25, -0.2) is 4.79 Å². The highest BCUT2D eigenvalue weighted by Crippen LogP contribution is 2.31. The number of ether oxygens (including phenoxy) is 1. The number of hydrogen-bond acceptors (Lipinski definition) is 7. The van der Waals surface area contributed by atoms with Gasteiger partial charge in [-0.05, 0) is 42.3 Å². The van der Waals surface area contributed by atoms with Crippen molar-refractivity contribution in [1.82, 2.24) is 4.90 Å². The first-order valence-corrected chi connectivity index (χ1v) is 10.3. The number of nitrogens with one attached hydrogen (secondary N) is 1. The molecule has 0 bridgehead atoms. The number of nitro groups is 1. The molecule has 2 heterocycles. The number of anilines is 2. The molecule has 166 valence electrons.